The summed E-state index contributed by atoms with van der Waals surface area (Å²) in [5, 5.41) is 6.59. The highest BCUT2D eigenvalue weighted by Crippen LogP contribution is 2.28. The summed E-state index contributed by atoms with van der Waals surface area (Å²) in [5.41, 5.74) is 1.35. The maximum atomic E-state index is 12.6. The van der Waals surface area contributed by atoms with Gasteiger partial charge in [-0.25, -0.2) is 0 Å². The van der Waals surface area contributed by atoms with Crippen molar-refractivity contribution in [1.82, 2.24) is 10.6 Å². The van der Waals surface area contributed by atoms with E-state index >= 15 is 0 Å². The fourth-order valence-corrected chi connectivity index (χ4v) is 3.12. The van der Waals surface area contributed by atoms with Gasteiger partial charge in [0, 0.05) is 6.54 Å². The predicted octanol–water partition coefficient (Wildman–Crippen LogP) is 3.35. The molecule has 1 aliphatic heterocycles. The molecule has 2 rings (SSSR count). The topological polar surface area (TPSA) is 41.1 Å². The van der Waals surface area contributed by atoms with Crippen LogP contribution in [0.15, 0.2) is 30.3 Å². The fourth-order valence-electron chi connectivity index (χ4n) is 3.12. The number of hydrogen-bond donors (Lipinski definition) is 2. The fraction of sp³-hybridized carbons (Fsp3) is 0.611. The lowest BCUT2D eigenvalue weighted by atomic mass is 9.80. The number of piperidine rings is 1. The van der Waals surface area contributed by atoms with Crippen LogP contribution in [-0.2, 0) is 4.79 Å². The summed E-state index contributed by atoms with van der Waals surface area (Å²) in [6.07, 6.45) is 2.26. The largest absolute Gasteiger partial charge is 0.355 e. The highest BCUT2D eigenvalue weighted by Gasteiger charge is 2.29. The van der Waals surface area contributed by atoms with Gasteiger partial charge in [0.2, 0.25) is 5.91 Å². The van der Waals surface area contributed by atoms with E-state index in [-0.39, 0.29) is 29.6 Å². The van der Waals surface area contributed by atoms with Crippen LogP contribution in [-0.4, -0.2) is 25.5 Å². The Balaban J connectivity index is 0.00000242. The molecule has 1 aromatic carbocycles. The summed E-state index contributed by atoms with van der Waals surface area (Å²) in [7, 11) is 0. The second kappa shape index (κ2) is 8.54. The smallest absolute Gasteiger partial charge is 0.227 e. The summed E-state index contributed by atoms with van der Waals surface area (Å²) in [6, 6.07) is 10.1. The third kappa shape index (κ3) is 4.99. The predicted molar refractivity (Wildman–Crippen MR) is 94.5 cm³/mol. The number of rotatable bonds is 5. The number of benzene rings is 1. The first-order chi connectivity index (χ1) is 10.0. The van der Waals surface area contributed by atoms with Gasteiger partial charge in [0.15, 0.2) is 0 Å². The van der Waals surface area contributed by atoms with Crippen molar-refractivity contribution < 1.29 is 4.79 Å². The van der Waals surface area contributed by atoms with Crippen LogP contribution in [0.2, 0.25) is 0 Å². The van der Waals surface area contributed by atoms with Gasteiger partial charge in [-0.3, -0.25) is 4.79 Å². The molecule has 0 saturated carbocycles. The molecule has 1 aromatic rings. The standard InChI is InChI=1S/C18H28N2O.ClH/c1-14(2)16(15-7-5-4-6-8-15)17(21)20-13-18(3)9-11-19-12-10-18;/h4-8,14,16,19H,9-13H2,1-3H3,(H,20,21);1H. The number of nitrogens with one attached hydrogen (secondary N) is 2. The average molecular weight is 325 g/mol. The van der Waals surface area contributed by atoms with Crippen LogP contribution < -0.4 is 10.6 Å². The van der Waals surface area contributed by atoms with Gasteiger partial charge in [0.25, 0.3) is 0 Å². The van der Waals surface area contributed by atoms with Crippen molar-refractivity contribution in [3.8, 4) is 0 Å². The molecular weight excluding hydrogens is 296 g/mol. The first-order valence-corrected chi connectivity index (χ1v) is 8.05. The van der Waals surface area contributed by atoms with Crippen molar-refractivity contribution in [2.45, 2.75) is 39.5 Å². The summed E-state index contributed by atoms with van der Waals surface area (Å²) in [6.45, 7) is 9.40. The molecule has 0 radical (unpaired) electrons. The molecule has 22 heavy (non-hydrogen) atoms. The van der Waals surface area contributed by atoms with E-state index in [2.05, 4.69) is 43.5 Å². The summed E-state index contributed by atoms with van der Waals surface area (Å²) in [4.78, 5) is 12.6. The Labute approximate surface area is 140 Å². The Morgan fingerprint density at radius 2 is 1.82 bits per heavy atom. The monoisotopic (exact) mass is 324 g/mol. The molecule has 3 nitrogen and oxygen atoms in total. The molecule has 1 heterocycles. The number of amides is 1. The van der Waals surface area contributed by atoms with Gasteiger partial charge >= 0.3 is 0 Å². The van der Waals surface area contributed by atoms with Crippen LogP contribution in [0.3, 0.4) is 0 Å². The first-order valence-electron chi connectivity index (χ1n) is 8.05. The molecule has 0 spiro atoms. The molecule has 1 atom stereocenters. The number of halogens is 1. The minimum absolute atomic E-state index is 0. The maximum absolute atomic E-state index is 12.6. The van der Waals surface area contributed by atoms with Crippen LogP contribution in [0.25, 0.3) is 0 Å². The summed E-state index contributed by atoms with van der Waals surface area (Å²) >= 11 is 0. The zero-order valence-corrected chi connectivity index (χ0v) is 14.7. The Hall–Kier alpha value is -1.06. The number of carbonyl (C=O) groups is 1. The van der Waals surface area contributed by atoms with Gasteiger partial charge in [-0.05, 0) is 42.8 Å². The second-order valence-electron chi connectivity index (χ2n) is 6.91. The Kier molecular flexibility index (Phi) is 7.37. The maximum Gasteiger partial charge on any atom is 0.227 e. The average Bonchev–Trinajstić information content (AvgIpc) is 2.47. The first kappa shape index (κ1) is 19.0. The van der Waals surface area contributed by atoms with Crippen molar-refractivity contribution in [1.29, 1.82) is 0 Å². The van der Waals surface area contributed by atoms with E-state index in [9.17, 15) is 4.79 Å². The van der Waals surface area contributed by atoms with Crippen molar-refractivity contribution in [3.05, 3.63) is 35.9 Å². The molecule has 0 bridgehead atoms. The molecule has 1 fully saturated rings. The molecular formula is C18H29ClN2O. The minimum atomic E-state index is -0.0588. The van der Waals surface area contributed by atoms with Crippen LogP contribution in [0.4, 0.5) is 0 Å². The quantitative estimate of drug-likeness (QED) is 0.872. The van der Waals surface area contributed by atoms with Gasteiger partial charge in [-0.15, -0.1) is 12.4 Å². The molecule has 4 heteroatoms. The van der Waals surface area contributed by atoms with Crippen molar-refractivity contribution >= 4 is 18.3 Å². The van der Waals surface area contributed by atoms with Gasteiger partial charge in [0.1, 0.15) is 0 Å². The van der Waals surface area contributed by atoms with E-state index in [1.807, 2.05) is 18.2 Å². The van der Waals surface area contributed by atoms with Gasteiger partial charge in [-0.1, -0.05) is 51.1 Å². The molecule has 2 N–H and O–H groups in total. The summed E-state index contributed by atoms with van der Waals surface area (Å²) < 4.78 is 0. The van der Waals surface area contributed by atoms with E-state index in [1.165, 1.54) is 0 Å². The van der Waals surface area contributed by atoms with Gasteiger partial charge < -0.3 is 10.6 Å². The SMILES string of the molecule is CC(C)C(C(=O)NCC1(C)CCNCC1)c1ccccc1.Cl. The zero-order chi connectivity index (χ0) is 15.3. The molecule has 0 aromatic heterocycles. The number of hydrogen-bond acceptors (Lipinski definition) is 2. The zero-order valence-electron chi connectivity index (χ0n) is 13.9. The highest BCUT2D eigenvalue weighted by molar-refractivity contribution is 5.85. The molecule has 124 valence electrons. The van der Waals surface area contributed by atoms with E-state index in [0.29, 0.717) is 5.92 Å². The molecule has 1 amide bonds. The molecule has 1 aliphatic rings. The van der Waals surface area contributed by atoms with Crippen LogP contribution in [0.5, 0.6) is 0 Å². The number of carbonyl (C=O) groups excluding carboxylic acids is 1. The molecule has 1 saturated heterocycles. The lowest BCUT2D eigenvalue weighted by Crippen LogP contribution is -2.44. The van der Waals surface area contributed by atoms with Crippen LogP contribution in [0.1, 0.15) is 45.1 Å². The van der Waals surface area contributed by atoms with Crippen molar-refractivity contribution in [2.24, 2.45) is 11.3 Å². The van der Waals surface area contributed by atoms with Crippen molar-refractivity contribution in [2.75, 3.05) is 19.6 Å². The lowest BCUT2D eigenvalue weighted by Gasteiger charge is -2.35. The third-order valence-electron chi connectivity index (χ3n) is 4.61. The second-order valence-corrected chi connectivity index (χ2v) is 6.91. The van der Waals surface area contributed by atoms with Crippen molar-refractivity contribution in [3.63, 3.8) is 0 Å². The minimum Gasteiger partial charge on any atom is -0.355 e. The molecule has 1 unspecified atom stereocenters. The van der Waals surface area contributed by atoms with E-state index < -0.39 is 0 Å². The van der Waals surface area contributed by atoms with E-state index in [4.69, 9.17) is 0 Å². The lowest BCUT2D eigenvalue weighted by molar-refractivity contribution is -0.124. The highest BCUT2D eigenvalue weighted by atomic mass is 35.5. The van der Waals surface area contributed by atoms with Gasteiger partial charge in [-0.2, -0.15) is 0 Å². The normalized spacial score (nSPS) is 18.4. The van der Waals surface area contributed by atoms with E-state index in [1.54, 1.807) is 0 Å². The van der Waals surface area contributed by atoms with E-state index in [0.717, 1.165) is 38.0 Å². The third-order valence-corrected chi connectivity index (χ3v) is 4.61. The molecule has 0 aliphatic carbocycles. The Morgan fingerprint density at radius 1 is 1.23 bits per heavy atom. The van der Waals surface area contributed by atoms with Gasteiger partial charge in [0.05, 0.1) is 5.92 Å². The summed E-state index contributed by atoms with van der Waals surface area (Å²) in [5.74, 6) is 0.403. The Morgan fingerprint density at radius 3 is 2.36 bits per heavy atom. The Bertz CT molecular complexity index is 455. The van der Waals surface area contributed by atoms with Crippen LogP contribution >= 0.6 is 12.4 Å². The van der Waals surface area contributed by atoms with Crippen LogP contribution in [0, 0.1) is 11.3 Å².